The second kappa shape index (κ2) is 6.92. The lowest BCUT2D eigenvalue weighted by Gasteiger charge is -2.13. The molecule has 19 heavy (non-hydrogen) atoms. The van der Waals surface area contributed by atoms with Gasteiger partial charge in [0.05, 0.1) is 12.7 Å². The van der Waals surface area contributed by atoms with E-state index in [1.54, 1.807) is 0 Å². The maximum absolute atomic E-state index is 5.87. The highest BCUT2D eigenvalue weighted by Gasteiger charge is 2.14. The summed E-state index contributed by atoms with van der Waals surface area (Å²) in [7, 11) is 0. The van der Waals surface area contributed by atoms with Crippen molar-refractivity contribution in [3.05, 3.63) is 29.3 Å². The molecule has 0 aliphatic carbocycles. The van der Waals surface area contributed by atoms with Gasteiger partial charge in [-0.15, -0.1) is 0 Å². The average molecular weight is 263 g/mol. The molecule has 0 radical (unpaired) electrons. The highest BCUT2D eigenvalue weighted by molar-refractivity contribution is 5.37. The lowest BCUT2D eigenvalue weighted by Crippen LogP contribution is -2.08. The molecule has 1 aromatic carbocycles. The Balaban J connectivity index is 1.76. The maximum atomic E-state index is 5.87. The first-order valence-corrected chi connectivity index (χ1v) is 7.27. The van der Waals surface area contributed by atoms with Gasteiger partial charge in [0, 0.05) is 12.6 Å². The topological polar surface area (TPSA) is 44.5 Å². The zero-order valence-electron chi connectivity index (χ0n) is 12.0. The quantitative estimate of drug-likeness (QED) is 0.800. The summed E-state index contributed by atoms with van der Waals surface area (Å²) in [4.78, 5) is 0. The molecule has 2 rings (SSSR count). The molecule has 2 atom stereocenters. The fourth-order valence-corrected chi connectivity index (χ4v) is 2.48. The van der Waals surface area contributed by atoms with Gasteiger partial charge in [0.15, 0.2) is 0 Å². The molecule has 0 spiro atoms. The Hall–Kier alpha value is -1.06. The van der Waals surface area contributed by atoms with Crippen LogP contribution in [0.5, 0.6) is 5.75 Å². The summed E-state index contributed by atoms with van der Waals surface area (Å²) in [5, 5.41) is 0. The first kappa shape index (κ1) is 14.4. The van der Waals surface area contributed by atoms with Crippen LogP contribution in [-0.4, -0.2) is 19.3 Å². The van der Waals surface area contributed by atoms with E-state index >= 15 is 0 Å². The van der Waals surface area contributed by atoms with Crippen LogP contribution >= 0.6 is 0 Å². The number of benzene rings is 1. The van der Waals surface area contributed by atoms with E-state index in [0.29, 0.717) is 6.10 Å². The Morgan fingerprint density at radius 2 is 2.32 bits per heavy atom. The van der Waals surface area contributed by atoms with E-state index in [1.807, 2.05) is 19.1 Å². The number of hydrogen-bond donors (Lipinski definition) is 1. The van der Waals surface area contributed by atoms with Crippen molar-refractivity contribution in [1.29, 1.82) is 0 Å². The summed E-state index contributed by atoms with van der Waals surface area (Å²) < 4.78 is 11.4. The third-order valence-electron chi connectivity index (χ3n) is 3.68. The van der Waals surface area contributed by atoms with Gasteiger partial charge >= 0.3 is 0 Å². The van der Waals surface area contributed by atoms with Crippen molar-refractivity contribution in [2.24, 2.45) is 5.73 Å². The van der Waals surface area contributed by atoms with Crippen LogP contribution in [0, 0.1) is 6.92 Å². The molecule has 2 unspecified atom stereocenters. The molecule has 3 heteroatoms. The van der Waals surface area contributed by atoms with Crippen LogP contribution in [0.1, 0.15) is 49.8 Å². The average Bonchev–Trinajstić information content (AvgIpc) is 2.89. The van der Waals surface area contributed by atoms with Crippen LogP contribution in [0.15, 0.2) is 18.2 Å². The van der Waals surface area contributed by atoms with Crippen molar-refractivity contribution in [1.82, 2.24) is 0 Å². The first-order chi connectivity index (χ1) is 9.16. The molecular formula is C16H25NO2. The first-order valence-electron chi connectivity index (χ1n) is 7.27. The Labute approximate surface area is 116 Å². The van der Waals surface area contributed by atoms with Crippen molar-refractivity contribution in [3.63, 3.8) is 0 Å². The summed E-state index contributed by atoms with van der Waals surface area (Å²) in [6, 6.07) is 6.26. The van der Waals surface area contributed by atoms with Crippen LogP contribution < -0.4 is 10.5 Å². The van der Waals surface area contributed by atoms with E-state index in [4.69, 9.17) is 15.2 Å². The molecule has 3 nitrogen and oxygen atoms in total. The van der Waals surface area contributed by atoms with Crippen LogP contribution in [0.4, 0.5) is 0 Å². The Morgan fingerprint density at radius 3 is 2.95 bits per heavy atom. The van der Waals surface area contributed by atoms with Gasteiger partial charge in [-0.1, -0.05) is 12.1 Å². The highest BCUT2D eigenvalue weighted by Crippen LogP contribution is 2.22. The highest BCUT2D eigenvalue weighted by atomic mass is 16.5. The van der Waals surface area contributed by atoms with Gasteiger partial charge in [-0.05, 0) is 56.7 Å². The molecule has 1 heterocycles. The number of aryl methyl sites for hydroxylation is 1. The van der Waals surface area contributed by atoms with Crippen LogP contribution in [0.25, 0.3) is 0 Å². The minimum atomic E-state index is 0.0762. The SMILES string of the molecule is Cc1cc(C(C)N)ccc1OCCCC1CCCO1. The minimum Gasteiger partial charge on any atom is -0.493 e. The zero-order chi connectivity index (χ0) is 13.7. The van der Waals surface area contributed by atoms with Crippen LogP contribution in [0.3, 0.4) is 0 Å². The fraction of sp³-hybridized carbons (Fsp3) is 0.625. The number of ether oxygens (including phenoxy) is 2. The second-order valence-corrected chi connectivity index (χ2v) is 5.44. The van der Waals surface area contributed by atoms with Gasteiger partial charge in [0.25, 0.3) is 0 Å². The molecule has 0 saturated carbocycles. The summed E-state index contributed by atoms with van der Waals surface area (Å²) >= 11 is 0. The predicted molar refractivity (Wildman–Crippen MR) is 77.5 cm³/mol. The molecule has 1 aliphatic rings. The maximum Gasteiger partial charge on any atom is 0.122 e. The van der Waals surface area contributed by atoms with Crippen LogP contribution in [0.2, 0.25) is 0 Å². The van der Waals surface area contributed by atoms with Gasteiger partial charge in [-0.2, -0.15) is 0 Å². The number of rotatable bonds is 6. The Kier molecular flexibility index (Phi) is 5.23. The third kappa shape index (κ3) is 4.22. The third-order valence-corrected chi connectivity index (χ3v) is 3.68. The summed E-state index contributed by atoms with van der Waals surface area (Å²) in [5.74, 6) is 0.969. The molecule has 0 amide bonds. The predicted octanol–water partition coefficient (Wildman–Crippen LogP) is 3.35. The lowest BCUT2D eigenvalue weighted by atomic mass is 10.1. The van der Waals surface area contributed by atoms with Crippen molar-refractivity contribution < 1.29 is 9.47 Å². The second-order valence-electron chi connectivity index (χ2n) is 5.44. The van der Waals surface area contributed by atoms with E-state index in [0.717, 1.165) is 42.9 Å². The molecule has 106 valence electrons. The van der Waals surface area contributed by atoms with Crippen molar-refractivity contribution in [3.8, 4) is 5.75 Å². The normalized spacial score (nSPS) is 20.5. The zero-order valence-corrected chi connectivity index (χ0v) is 12.0. The van der Waals surface area contributed by atoms with E-state index in [-0.39, 0.29) is 6.04 Å². The molecule has 2 N–H and O–H groups in total. The molecular weight excluding hydrogens is 238 g/mol. The monoisotopic (exact) mass is 263 g/mol. The van der Waals surface area contributed by atoms with E-state index in [2.05, 4.69) is 13.0 Å². The molecule has 1 saturated heterocycles. The van der Waals surface area contributed by atoms with Gasteiger partial charge in [-0.3, -0.25) is 0 Å². The summed E-state index contributed by atoms with van der Waals surface area (Å²) in [6.45, 7) is 5.76. The van der Waals surface area contributed by atoms with E-state index in [1.165, 1.54) is 12.8 Å². The molecule has 1 fully saturated rings. The molecule has 1 aliphatic heterocycles. The smallest absolute Gasteiger partial charge is 0.122 e. The Morgan fingerprint density at radius 1 is 1.47 bits per heavy atom. The molecule has 1 aromatic rings. The van der Waals surface area contributed by atoms with Crippen molar-refractivity contribution in [2.45, 2.75) is 51.7 Å². The Bertz CT molecular complexity index is 398. The number of nitrogens with two attached hydrogens (primary N) is 1. The van der Waals surface area contributed by atoms with E-state index < -0.39 is 0 Å². The van der Waals surface area contributed by atoms with Gasteiger partial charge in [-0.25, -0.2) is 0 Å². The largest absolute Gasteiger partial charge is 0.493 e. The fourth-order valence-electron chi connectivity index (χ4n) is 2.48. The number of hydrogen-bond acceptors (Lipinski definition) is 3. The van der Waals surface area contributed by atoms with Gasteiger partial charge < -0.3 is 15.2 Å². The summed E-state index contributed by atoms with van der Waals surface area (Å²) in [6.07, 6.45) is 5.05. The minimum absolute atomic E-state index is 0.0762. The molecule has 0 aromatic heterocycles. The standard InChI is InChI=1S/C16H25NO2/c1-12-11-14(13(2)17)7-8-16(12)19-10-4-6-15-5-3-9-18-15/h7-8,11,13,15H,3-6,9-10,17H2,1-2H3. The van der Waals surface area contributed by atoms with Crippen molar-refractivity contribution >= 4 is 0 Å². The molecule has 0 bridgehead atoms. The summed E-state index contributed by atoms with van der Waals surface area (Å²) in [5.41, 5.74) is 8.19. The van der Waals surface area contributed by atoms with Gasteiger partial charge in [0.2, 0.25) is 0 Å². The van der Waals surface area contributed by atoms with Gasteiger partial charge in [0.1, 0.15) is 5.75 Å². The van der Waals surface area contributed by atoms with Crippen molar-refractivity contribution in [2.75, 3.05) is 13.2 Å². The lowest BCUT2D eigenvalue weighted by molar-refractivity contribution is 0.0981. The van der Waals surface area contributed by atoms with E-state index in [9.17, 15) is 0 Å². The van der Waals surface area contributed by atoms with Crippen LogP contribution in [-0.2, 0) is 4.74 Å².